The molecule has 39 heavy (non-hydrogen) atoms. The number of nitrogens with zero attached hydrogens (tertiary/aromatic N) is 2. The fraction of sp³-hybridized carbons (Fsp3) is 0.400. The smallest absolute Gasteiger partial charge is 0.302 e. The maximum absolute atomic E-state index is 11.8. The molecule has 3 aromatic rings. The number of Topliss-reactive ketones (excluding diaryl/α,β-unsaturated/α-hetero) is 1. The largest absolute Gasteiger partial charge is 0.463 e. The summed E-state index contributed by atoms with van der Waals surface area (Å²) in [7, 11) is 0. The van der Waals surface area contributed by atoms with Gasteiger partial charge in [-0.2, -0.15) is 0 Å². The molecule has 0 radical (unpaired) electrons. The summed E-state index contributed by atoms with van der Waals surface area (Å²) in [6, 6.07) is 18.9. The van der Waals surface area contributed by atoms with E-state index >= 15 is 0 Å². The number of amides is 1. The SMILES string of the molecule is CC(=O)[C@@H](COCc1ccccc1)NC(=O)C(C)(C)N.CCc1cn(C(COC(C)=O)c2ccccc2)cn1. The van der Waals surface area contributed by atoms with E-state index in [1.807, 2.05) is 71.4 Å². The van der Waals surface area contributed by atoms with Gasteiger partial charge in [0, 0.05) is 13.1 Å². The molecule has 3 rings (SSSR count). The number of hydrogen-bond acceptors (Lipinski definition) is 7. The van der Waals surface area contributed by atoms with Crippen molar-refractivity contribution in [1.82, 2.24) is 14.9 Å². The van der Waals surface area contributed by atoms with Crippen molar-refractivity contribution in [2.45, 2.75) is 65.3 Å². The first kappa shape index (κ1) is 31.4. The predicted molar refractivity (Wildman–Crippen MR) is 150 cm³/mol. The maximum atomic E-state index is 11.8. The summed E-state index contributed by atoms with van der Waals surface area (Å²) in [6.07, 6.45) is 4.68. The van der Waals surface area contributed by atoms with Gasteiger partial charge in [-0.05, 0) is 38.3 Å². The first-order valence-corrected chi connectivity index (χ1v) is 12.9. The Balaban J connectivity index is 0.000000274. The van der Waals surface area contributed by atoms with E-state index in [0.29, 0.717) is 13.2 Å². The van der Waals surface area contributed by atoms with E-state index in [1.54, 1.807) is 20.2 Å². The van der Waals surface area contributed by atoms with Gasteiger partial charge in [0.1, 0.15) is 12.6 Å². The zero-order valence-electron chi connectivity index (χ0n) is 23.4. The number of benzene rings is 2. The second-order valence-corrected chi connectivity index (χ2v) is 9.75. The number of nitrogens with one attached hydrogen (secondary N) is 1. The van der Waals surface area contributed by atoms with Gasteiger partial charge in [0.25, 0.3) is 0 Å². The molecular formula is C30H40N4O5. The summed E-state index contributed by atoms with van der Waals surface area (Å²) in [4.78, 5) is 38.6. The lowest BCUT2D eigenvalue weighted by atomic mass is 10.1. The summed E-state index contributed by atoms with van der Waals surface area (Å²) in [6.45, 7) is 8.93. The van der Waals surface area contributed by atoms with E-state index in [9.17, 15) is 14.4 Å². The monoisotopic (exact) mass is 536 g/mol. The summed E-state index contributed by atoms with van der Waals surface area (Å²) >= 11 is 0. The number of esters is 1. The summed E-state index contributed by atoms with van der Waals surface area (Å²) in [5, 5.41) is 2.60. The predicted octanol–water partition coefficient (Wildman–Crippen LogP) is 3.61. The van der Waals surface area contributed by atoms with E-state index in [4.69, 9.17) is 15.2 Å². The van der Waals surface area contributed by atoms with Crippen LogP contribution in [0.2, 0.25) is 0 Å². The number of imidazole rings is 1. The molecule has 2 atom stereocenters. The van der Waals surface area contributed by atoms with E-state index in [2.05, 4.69) is 17.2 Å². The molecule has 0 aliphatic carbocycles. The van der Waals surface area contributed by atoms with Crippen LogP contribution in [0, 0.1) is 0 Å². The maximum Gasteiger partial charge on any atom is 0.302 e. The van der Waals surface area contributed by atoms with Gasteiger partial charge in [-0.15, -0.1) is 0 Å². The molecule has 1 unspecified atom stereocenters. The number of carbonyl (C=O) groups excluding carboxylic acids is 3. The highest BCUT2D eigenvalue weighted by atomic mass is 16.5. The van der Waals surface area contributed by atoms with Gasteiger partial charge in [0.15, 0.2) is 5.78 Å². The van der Waals surface area contributed by atoms with Crippen molar-refractivity contribution in [2.75, 3.05) is 13.2 Å². The van der Waals surface area contributed by atoms with E-state index in [1.165, 1.54) is 13.8 Å². The molecule has 1 heterocycles. The van der Waals surface area contributed by atoms with Gasteiger partial charge in [-0.1, -0.05) is 67.6 Å². The quantitative estimate of drug-likeness (QED) is 0.339. The van der Waals surface area contributed by atoms with Gasteiger partial charge in [0.05, 0.1) is 36.8 Å². The van der Waals surface area contributed by atoms with E-state index in [-0.39, 0.29) is 30.3 Å². The first-order valence-electron chi connectivity index (χ1n) is 12.9. The van der Waals surface area contributed by atoms with Crippen molar-refractivity contribution in [3.8, 4) is 0 Å². The number of hydrogen-bond donors (Lipinski definition) is 2. The number of aryl methyl sites for hydroxylation is 1. The summed E-state index contributed by atoms with van der Waals surface area (Å²) in [5.41, 5.74) is 7.81. The second-order valence-electron chi connectivity index (χ2n) is 9.75. The van der Waals surface area contributed by atoms with Crippen molar-refractivity contribution < 1.29 is 23.9 Å². The Morgan fingerprint density at radius 2 is 1.62 bits per heavy atom. The van der Waals surface area contributed by atoms with Gasteiger partial charge in [-0.25, -0.2) is 4.98 Å². The minimum atomic E-state index is -1.02. The van der Waals surface area contributed by atoms with Crippen LogP contribution in [0.1, 0.15) is 57.5 Å². The molecule has 0 saturated carbocycles. The highest BCUT2D eigenvalue weighted by Crippen LogP contribution is 2.19. The number of carbonyl (C=O) groups is 3. The number of ketones is 1. The van der Waals surface area contributed by atoms with Crippen LogP contribution in [0.25, 0.3) is 0 Å². The summed E-state index contributed by atoms with van der Waals surface area (Å²) in [5.74, 6) is -0.798. The van der Waals surface area contributed by atoms with Crippen molar-refractivity contribution >= 4 is 17.7 Å². The normalized spacial score (nSPS) is 12.5. The standard InChI is InChI=1S/C15H22N2O3.C15H18N2O2/c1-11(18)13(17-14(19)15(2,3)16)10-20-9-12-7-5-4-6-8-12;1-3-14-9-17(11-16-14)15(10-19-12(2)18)13-7-5-4-6-8-13/h4-8,13H,9-10,16H2,1-3H3,(H,17,19);4-9,11,15H,3,10H2,1-2H3/t13-;/m1./s1. The Morgan fingerprint density at radius 1 is 1.00 bits per heavy atom. The molecule has 3 N–H and O–H groups in total. The molecule has 0 aliphatic rings. The number of rotatable bonds is 12. The second kappa shape index (κ2) is 15.6. The highest BCUT2D eigenvalue weighted by Gasteiger charge is 2.26. The van der Waals surface area contributed by atoms with Crippen LogP contribution in [-0.4, -0.2) is 52.0 Å². The third-order valence-electron chi connectivity index (χ3n) is 5.78. The minimum absolute atomic E-state index is 0.0297. The fourth-order valence-electron chi connectivity index (χ4n) is 3.43. The molecule has 0 fully saturated rings. The average molecular weight is 537 g/mol. The van der Waals surface area contributed by atoms with Crippen LogP contribution in [-0.2, 0) is 36.9 Å². The Kier molecular flexibility index (Phi) is 12.5. The van der Waals surface area contributed by atoms with Gasteiger partial charge in [0.2, 0.25) is 5.91 Å². The van der Waals surface area contributed by atoms with Crippen LogP contribution in [0.15, 0.2) is 73.2 Å². The Labute approximate surface area is 230 Å². The third-order valence-corrected chi connectivity index (χ3v) is 5.78. The molecule has 0 saturated heterocycles. The van der Waals surface area contributed by atoms with Gasteiger partial charge >= 0.3 is 5.97 Å². The van der Waals surface area contributed by atoms with Gasteiger partial charge in [-0.3, -0.25) is 14.4 Å². The van der Waals surface area contributed by atoms with Gasteiger partial charge < -0.3 is 25.1 Å². The number of nitrogens with two attached hydrogens (primary N) is 1. The van der Waals surface area contributed by atoms with Crippen LogP contribution >= 0.6 is 0 Å². The zero-order valence-corrected chi connectivity index (χ0v) is 23.4. The molecular weight excluding hydrogens is 496 g/mol. The topological polar surface area (TPSA) is 126 Å². The number of aromatic nitrogens is 2. The molecule has 9 heteroatoms. The molecule has 210 valence electrons. The average Bonchev–Trinajstić information content (AvgIpc) is 3.38. The molecule has 0 spiro atoms. The Morgan fingerprint density at radius 3 is 2.13 bits per heavy atom. The Bertz CT molecular complexity index is 1170. The van der Waals surface area contributed by atoms with Crippen molar-refractivity contribution in [3.63, 3.8) is 0 Å². The van der Waals surface area contributed by atoms with Crippen molar-refractivity contribution in [1.29, 1.82) is 0 Å². The highest BCUT2D eigenvalue weighted by molar-refractivity contribution is 5.91. The lowest BCUT2D eigenvalue weighted by Crippen LogP contribution is -2.54. The molecule has 1 amide bonds. The summed E-state index contributed by atoms with van der Waals surface area (Å²) < 4.78 is 12.6. The molecule has 9 nitrogen and oxygen atoms in total. The molecule has 0 aliphatic heterocycles. The van der Waals surface area contributed by atoms with E-state index < -0.39 is 11.6 Å². The molecule has 2 aromatic carbocycles. The lowest BCUT2D eigenvalue weighted by molar-refractivity contribution is -0.141. The molecule has 0 bridgehead atoms. The van der Waals surface area contributed by atoms with Crippen LogP contribution in [0.3, 0.4) is 0 Å². The van der Waals surface area contributed by atoms with Crippen LogP contribution in [0.5, 0.6) is 0 Å². The third kappa shape index (κ3) is 11.2. The van der Waals surface area contributed by atoms with Crippen molar-refractivity contribution in [2.24, 2.45) is 5.73 Å². The Hall–Kier alpha value is -3.82. The number of ether oxygens (including phenoxy) is 2. The minimum Gasteiger partial charge on any atom is -0.463 e. The van der Waals surface area contributed by atoms with Crippen LogP contribution < -0.4 is 11.1 Å². The van der Waals surface area contributed by atoms with Crippen molar-refractivity contribution in [3.05, 3.63) is 90.0 Å². The first-order chi connectivity index (χ1) is 18.5. The lowest BCUT2D eigenvalue weighted by Gasteiger charge is -2.22. The zero-order chi connectivity index (χ0) is 28.8. The van der Waals surface area contributed by atoms with Crippen LogP contribution in [0.4, 0.5) is 0 Å². The van der Waals surface area contributed by atoms with E-state index in [0.717, 1.165) is 23.2 Å². The fourth-order valence-corrected chi connectivity index (χ4v) is 3.43. The molecule has 1 aromatic heterocycles.